The molecule has 0 radical (unpaired) electrons. The summed E-state index contributed by atoms with van der Waals surface area (Å²) < 4.78 is 0. The minimum atomic E-state index is -1.38. The first-order valence-corrected chi connectivity index (χ1v) is 3.54. The van der Waals surface area contributed by atoms with Crippen LogP contribution in [-0.2, 0) is 4.79 Å². The molecule has 2 unspecified atom stereocenters. The molecule has 0 aromatic carbocycles. The summed E-state index contributed by atoms with van der Waals surface area (Å²) >= 11 is 0. The Hall–Kier alpha value is -1.47. The fourth-order valence-corrected chi connectivity index (χ4v) is 0.830. The van der Waals surface area contributed by atoms with Crippen LogP contribution < -0.4 is 0 Å². The maximum absolute atomic E-state index is 10.2. The summed E-state index contributed by atoms with van der Waals surface area (Å²) in [6.07, 6.45) is -2.11. The van der Waals surface area contributed by atoms with Gasteiger partial charge < -0.3 is 15.3 Å². The maximum atomic E-state index is 10.2. The Labute approximate surface area is 73.1 Å². The third-order valence-electron chi connectivity index (χ3n) is 1.46. The van der Waals surface area contributed by atoms with Crippen molar-refractivity contribution in [3.63, 3.8) is 0 Å². The molecule has 1 aromatic rings. The van der Waals surface area contributed by atoms with Crippen LogP contribution in [0.3, 0.4) is 0 Å². The van der Waals surface area contributed by atoms with E-state index in [1.807, 2.05) is 0 Å². The van der Waals surface area contributed by atoms with Gasteiger partial charge in [-0.3, -0.25) is 9.89 Å². The first kappa shape index (κ1) is 9.62. The van der Waals surface area contributed by atoms with E-state index in [4.69, 9.17) is 10.2 Å². The lowest BCUT2D eigenvalue weighted by molar-refractivity contribution is -0.141. The van der Waals surface area contributed by atoms with Crippen LogP contribution in [0.2, 0.25) is 0 Å². The van der Waals surface area contributed by atoms with Gasteiger partial charge in [-0.25, -0.2) is 4.98 Å². The number of aliphatic hydroxyl groups is 2. The summed E-state index contributed by atoms with van der Waals surface area (Å²) in [5.41, 5.74) is 0. The van der Waals surface area contributed by atoms with Gasteiger partial charge in [0.25, 0.3) is 0 Å². The molecule has 0 saturated carbocycles. The molecule has 7 nitrogen and oxygen atoms in total. The van der Waals surface area contributed by atoms with Crippen LogP contribution in [0, 0.1) is 0 Å². The van der Waals surface area contributed by atoms with Crippen LogP contribution in [0.25, 0.3) is 0 Å². The zero-order valence-corrected chi connectivity index (χ0v) is 6.58. The second kappa shape index (κ2) is 3.97. The van der Waals surface area contributed by atoms with Crippen LogP contribution in [0.15, 0.2) is 6.33 Å². The van der Waals surface area contributed by atoms with E-state index in [1.54, 1.807) is 0 Å². The van der Waals surface area contributed by atoms with Crippen molar-refractivity contribution >= 4 is 5.97 Å². The van der Waals surface area contributed by atoms with Gasteiger partial charge in [-0.05, 0) is 0 Å². The molecule has 0 aliphatic rings. The predicted molar refractivity (Wildman–Crippen MR) is 39.6 cm³/mol. The van der Waals surface area contributed by atoms with Gasteiger partial charge in [-0.2, -0.15) is 5.10 Å². The van der Waals surface area contributed by atoms with Crippen LogP contribution in [0.1, 0.15) is 18.3 Å². The highest BCUT2D eigenvalue weighted by Gasteiger charge is 2.23. The van der Waals surface area contributed by atoms with Crippen molar-refractivity contribution in [3.8, 4) is 0 Å². The van der Waals surface area contributed by atoms with Crippen LogP contribution in [0.4, 0.5) is 0 Å². The fourth-order valence-electron chi connectivity index (χ4n) is 0.830. The number of carboxylic acids is 1. The van der Waals surface area contributed by atoms with Crippen LogP contribution in [0.5, 0.6) is 0 Å². The van der Waals surface area contributed by atoms with Crippen LogP contribution >= 0.6 is 0 Å². The number of aliphatic carboxylic acids is 1. The van der Waals surface area contributed by atoms with Crippen molar-refractivity contribution in [3.05, 3.63) is 12.2 Å². The molecule has 1 rings (SSSR count). The van der Waals surface area contributed by atoms with Gasteiger partial charge in [0.2, 0.25) is 0 Å². The summed E-state index contributed by atoms with van der Waals surface area (Å²) in [6.45, 7) is 0. The third-order valence-corrected chi connectivity index (χ3v) is 1.46. The number of rotatable bonds is 4. The minimum absolute atomic E-state index is 0.0498. The van der Waals surface area contributed by atoms with E-state index in [9.17, 15) is 9.90 Å². The Morgan fingerprint density at radius 1 is 1.62 bits per heavy atom. The zero-order chi connectivity index (χ0) is 9.84. The molecule has 0 amide bonds. The van der Waals surface area contributed by atoms with Crippen molar-refractivity contribution in [1.82, 2.24) is 15.2 Å². The Bertz CT molecular complexity index is 273. The molecule has 7 heteroatoms. The molecule has 0 bridgehead atoms. The van der Waals surface area contributed by atoms with E-state index < -0.39 is 24.6 Å². The summed E-state index contributed by atoms with van der Waals surface area (Å²) in [5, 5.41) is 32.5. The minimum Gasteiger partial charge on any atom is -0.481 e. The Kier molecular flexibility index (Phi) is 2.93. The van der Waals surface area contributed by atoms with E-state index in [0.717, 1.165) is 6.33 Å². The van der Waals surface area contributed by atoms with Crippen molar-refractivity contribution in [2.45, 2.75) is 18.6 Å². The monoisotopic (exact) mass is 187 g/mol. The molecule has 0 spiro atoms. The van der Waals surface area contributed by atoms with Crippen molar-refractivity contribution in [2.24, 2.45) is 0 Å². The number of aromatic amines is 1. The molecule has 72 valence electrons. The lowest BCUT2D eigenvalue weighted by Crippen LogP contribution is -2.22. The molecular weight excluding hydrogens is 178 g/mol. The second-order valence-electron chi connectivity index (χ2n) is 2.48. The summed E-state index contributed by atoms with van der Waals surface area (Å²) in [4.78, 5) is 13.7. The first-order valence-electron chi connectivity index (χ1n) is 3.54. The highest BCUT2D eigenvalue weighted by atomic mass is 16.4. The van der Waals surface area contributed by atoms with Crippen molar-refractivity contribution in [1.29, 1.82) is 0 Å². The topological polar surface area (TPSA) is 119 Å². The average molecular weight is 187 g/mol. The number of carboxylic acid groups (broad SMARTS) is 1. The number of H-pyrrole nitrogens is 1. The van der Waals surface area contributed by atoms with Gasteiger partial charge in [0.15, 0.2) is 5.82 Å². The van der Waals surface area contributed by atoms with E-state index in [1.165, 1.54) is 0 Å². The number of aromatic nitrogens is 3. The summed E-state index contributed by atoms with van der Waals surface area (Å²) in [6, 6.07) is 0. The van der Waals surface area contributed by atoms with Gasteiger partial charge in [-0.1, -0.05) is 0 Å². The largest absolute Gasteiger partial charge is 0.481 e. The molecule has 13 heavy (non-hydrogen) atoms. The van der Waals surface area contributed by atoms with Crippen LogP contribution in [-0.4, -0.2) is 42.6 Å². The first-order chi connectivity index (χ1) is 6.11. The zero-order valence-electron chi connectivity index (χ0n) is 6.58. The van der Waals surface area contributed by atoms with Gasteiger partial charge >= 0.3 is 5.97 Å². The van der Waals surface area contributed by atoms with Crippen molar-refractivity contribution < 1.29 is 20.1 Å². The lowest BCUT2D eigenvalue weighted by Gasteiger charge is -2.12. The quantitative estimate of drug-likeness (QED) is 0.463. The van der Waals surface area contributed by atoms with E-state index in [0.29, 0.717) is 0 Å². The van der Waals surface area contributed by atoms with Gasteiger partial charge in [-0.15, -0.1) is 0 Å². The lowest BCUT2D eigenvalue weighted by atomic mass is 10.1. The molecule has 1 aromatic heterocycles. The fraction of sp³-hybridized carbons (Fsp3) is 0.500. The highest BCUT2D eigenvalue weighted by Crippen LogP contribution is 2.13. The molecule has 0 aliphatic carbocycles. The van der Waals surface area contributed by atoms with Gasteiger partial charge in [0.1, 0.15) is 12.4 Å². The predicted octanol–water partition coefficient (Wildman–Crippen LogP) is -1.33. The third kappa shape index (κ3) is 2.49. The van der Waals surface area contributed by atoms with Gasteiger partial charge in [0.05, 0.1) is 12.5 Å². The Morgan fingerprint density at radius 2 is 2.31 bits per heavy atom. The van der Waals surface area contributed by atoms with Gasteiger partial charge in [0, 0.05) is 0 Å². The molecule has 2 atom stereocenters. The van der Waals surface area contributed by atoms with E-state index in [2.05, 4.69) is 15.2 Å². The molecular formula is C6H9N3O4. The van der Waals surface area contributed by atoms with E-state index >= 15 is 0 Å². The summed E-state index contributed by atoms with van der Waals surface area (Å²) in [5.74, 6) is -1.14. The number of nitrogens with zero attached hydrogens (tertiary/aromatic N) is 2. The SMILES string of the molecule is O=C(O)CC(O)C(O)c1ncn[nH]1. The smallest absolute Gasteiger partial charge is 0.306 e. The Balaban J connectivity index is 2.57. The second-order valence-corrected chi connectivity index (χ2v) is 2.48. The number of hydrogen-bond donors (Lipinski definition) is 4. The molecule has 0 saturated heterocycles. The van der Waals surface area contributed by atoms with E-state index in [-0.39, 0.29) is 5.82 Å². The molecule has 0 aliphatic heterocycles. The van der Waals surface area contributed by atoms with Crippen molar-refractivity contribution in [2.75, 3.05) is 0 Å². The molecule has 0 fully saturated rings. The number of aliphatic hydroxyl groups excluding tert-OH is 2. The maximum Gasteiger partial charge on any atom is 0.306 e. The average Bonchev–Trinajstić information content (AvgIpc) is 2.53. The molecule has 4 N–H and O–H groups in total. The number of carbonyl (C=O) groups is 1. The highest BCUT2D eigenvalue weighted by molar-refractivity contribution is 5.67. The Morgan fingerprint density at radius 3 is 2.77 bits per heavy atom. The standard InChI is InChI=1S/C6H9N3O4/c10-3(1-4(11)12)5(13)6-7-2-8-9-6/h2-3,5,10,13H,1H2,(H,11,12)(H,7,8,9). The number of hydrogen-bond acceptors (Lipinski definition) is 5. The summed E-state index contributed by atoms with van der Waals surface area (Å²) in [7, 11) is 0. The number of nitrogens with one attached hydrogen (secondary N) is 1. The molecule has 1 heterocycles. The normalized spacial score (nSPS) is 15.2.